The summed E-state index contributed by atoms with van der Waals surface area (Å²) in [7, 11) is 0. The fraction of sp³-hybridized carbons (Fsp3) is 0.625. The van der Waals surface area contributed by atoms with Gasteiger partial charge in [0.1, 0.15) is 0 Å². The molecule has 0 spiro atoms. The molecule has 19 heavy (non-hydrogen) atoms. The van der Waals surface area contributed by atoms with Crippen LogP contribution in [0, 0.1) is 5.41 Å². The van der Waals surface area contributed by atoms with Crippen LogP contribution in [0.15, 0.2) is 18.2 Å². The average molecular weight is 300 g/mol. The van der Waals surface area contributed by atoms with E-state index in [4.69, 9.17) is 28.9 Å². The van der Waals surface area contributed by atoms with Crippen molar-refractivity contribution in [3.05, 3.63) is 33.8 Å². The van der Waals surface area contributed by atoms with E-state index in [2.05, 4.69) is 13.8 Å². The van der Waals surface area contributed by atoms with Gasteiger partial charge in [0.05, 0.1) is 10.0 Å². The molecule has 1 aliphatic rings. The molecule has 0 radical (unpaired) electrons. The molecule has 1 fully saturated rings. The van der Waals surface area contributed by atoms with Gasteiger partial charge in [0, 0.05) is 5.54 Å². The lowest BCUT2D eigenvalue weighted by Crippen LogP contribution is -2.41. The van der Waals surface area contributed by atoms with E-state index in [1.807, 2.05) is 18.2 Å². The van der Waals surface area contributed by atoms with Crippen molar-refractivity contribution in [3.63, 3.8) is 0 Å². The molecular weight excluding hydrogens is 277 g/mol. The summed E-state index contributed by atoms with van der Waals surface area (Å²) >= 11 is 12.4. The predicted octanol–water partition coefficient (Wildman–Crippen LogP) is 5.22. The van der Waals surface area contributed by atoms with Crippen molar-refractivity contribution in [2.45, 2.75) is 57.9 Å². The normalized spacial score (nSPS) is 27.0. The SMILES string of the molecule is CC1(C)CCCC(N)(Cc2cccc(Cl)c2Cl)CC1. The fourth-order valence-electron chi connectivity index (χ4n) is 3.00. The van der Waals surface area contributed by atoms with E-state index in [1.165, 1.54) is 19.3 Å². The topological polar surface area (TPSA) is 26.0 Å². The highest BCUT2D eigenvalue weighted by Gasteiger charge is 2.33. The van der Waals surface area contributed by atoms with Crippen molar-refractivity contribution < 1.29 is 0 Å². The Labute approximate surface area is 126 Å². The van der Waals surface area contributed by atoms with Crippen LogP contribution in [0.3, 0.4) is 0 Å². The fourth-order valence-corrected chi connectivity index (χ4v) is 3.38. The Balaban J connectivity index is 2.15. The molecule has 1 saturated carbocycles. The minimum atomic E-state index is -0.137. The summed E-state index contributed by atoms with van der Waals surface area (Å²) in [5, 5.41) is 1.29. The summed E-state index contributed by atoms with van der Waals surface area (Å²) < 4.78 is 0. The Kier molecular flexibility index (Phi) is 4.49. The van der Waals surface area contributed by atoms with E-state index in [9.17, 15) is 0 Å². The minimum Gasteiger partial charge on any atom is -0.325 e. The molecule has 0 saturated heterocycles. The average Bonchev–Trinajstić information content (AvgIpc) is 2.45. The molecule has 0 amide bonds. The highest BCUT2D eigenvalue weighted by molar-refractivity contribution is 6.42. The monoisotopic (exact) mass is 299 g/mol. The van der Waals surface area contributed by atoms with E-state index in [1.54, 1.807) is 0 Å². The Hall–Kier alpha value is -0.240. The first-order valence-corrected chi connectivity index (χ1v) is 7.79. The van der Waals surface area contributed by atoms with Crippen LogP contribution in [0.1, 0.15) is 51.5 Å². The largest absolute Gasteiger partial charge is 0.325 e. The first kappa shape index (κ1) is 15.2. The van der Waals surface area contributed by atoms with Gasteiger partial charge in [0.2, 0.25) is 0 Å². The van der Waals surface area contributed by atoms with Gasteiger partial charge in [-0.1, -0.05) is 55.6 Å². The number of nitrogens with two attached hydrogens (primary N) is 1. The summed E-state index contributed by atoms with van der Waals surface area (Å²) in [5.41, 5.74) is 7.99. The van der Waals surface area contributed by atoms with Crippen LogP contribution < -0.4 is 5.73 Å². The third kappa shape index (κ3) is 3.87. The van der Waals surface area contributed by atoms with Crippen LogP contribution in [-0.2, 0) is 6.42 Å². The number of hydrogen-bond donors (Lipinski definition) is 1. The second kappa shape index (κ2) is 5.63. The molecule has 0 bridgehead atoms. The van der Waals surface area contributed by atoms with Crippen molar-refractivity contribution >= 4 is 23.2 Å². The smallest absolute Gasteiger partial charge is 0.0624 e. The summed E-state index contributed by atoms with van der Waals surface area (Å²) in [4.78, 5) is 0. The van der Waals surface area contributed by atoms with Gasteiger partial charge >= 0.3 is 0 Å². The molecule has 1 aromatic carbocycles. The second-order valence-corrected chi connectivity index (χ2v) is 7.56. The van der Waals surface area contributed by atoms with E-state index in [-0.39, 0.29) is 5.54 Å². The zero-order valence-electron chi connectivity index (χ0n) is 11.8. The van der Waals surface area contributed by atoms with Crippen LogP contribution >= 0.6 is 23.2 Å². The zero-order chi connectivity index (χ0) is 14.1. The number of rotatable bonds is 2. The van der Waals surface area contributed by atoms with E-state index >= 15 is 0 Å². The summed E-state index contributed by atoms with van der Waals surface area (Å²) in [6.07, 6.45) is 6.59. The lowest BCUT2D eigenvalue weighted by Gasteiger charge is -2.30. The van der Waals surface area contributed by atoms with Gasteiger partial charge in [-0.15, -0.1) is 0 Å². The Morgan fingerprint density at radius 1 is 1.11 bits per heavy atom. The molecule has 0 aliphatic heterocycles. The first-order chi connectivity index (χ1) is 8.81. The maximum absolute atomic E-state index is 6.63. The standard InChI is InChI=1S/C16H23Cl2N/c1-15(2)7-4-8-16(19,10-9-15)11-12-5-3-6-13(17)14(12)18/h3,5-6H,4,7-11,19H2,1-2H3. The van der Waals surface area contributed by atoms with Crippen LogP contribution in [-0.4, -0.2) is 5.54 Å². The van der Waals surface area contributed by atoms with Gasteiger partial charge in [0.25, 0.3) is 0 Å². The van der Waals surface area contributed by atoms with Gasteiger partial charge in [-0.2, -0.15) is 0 Å². The lowest BCUT2D eigenvalue weighted by molar-refractivity contribution is 0.297. The number of hydrogen-bond acceptors (Lipinski definition) is 1. The van der Waals surface area contributed by atoms with E-state index in [0.717, 1.165) is 24.8 Å². The molecular formula is C16H23Cl2N. The molecule has 1 unspecified atom stereocenters. The molecule has 1 nitrogen and oxygen atoms in total. The van der Waals surface area contributed by atoms with Gasteiger partial charge in [-0.25, -0.2) is 0 Å². The Bertz CT molecular complexity index is 456. The van der Waals surface area contributed by atoms with Crippen molar-refractivity contribution in [2.24, 2.45) is 11.1 Å². The van der Waals surface area contributed by atoms with E-state index < -0.39 is 0 Å². The predicted molar refractivity (Wildman–Crippen MR) is 84.0 cm³/mol. The minimum absolute atomic E-state index is 0.137. The third-order valence-electron chi connectivity index (χ3n) is 4.40. The number of halogens is 2. The maximum Gasteiger partial charge on any atom is 0.0624 e. The van der Waals surface area contributed by atoms with Crippen LogP contribution in [0.25, 0.3) is 0 Å². The summed E-state index contributed by atoms with van der Waals surface area (Å²) in [6, 6.07) is 5.82. The van der Waals surface area contributed by atoms with Crippen LogP contribution in [0.2, 0.25) is 10.0 Å². The van der Waals surface area contributed by atoms with Gasteiger partial charge < -0.3 is 5.73 Å². The molecule has 1 aromatic rings. The van der Waals surface area contributed by atoms with Crippen LogP contribution in [0.5, 0.6) is 0 Å². The molecule has 0 aromatic heterocycles. The first-order valence-electron chi connectivity index (χ1n) is 7.03. The van der Waals surface area contributed by atoms with Crippen molar-refractivity contribution in [1.29, 1.82) is 0 Å². The highest BCUT2D eigenvalue weighted by Crippen LogP contribution is 2.39. The van der Waals surface area contributed by atoms with Crippen LogP contribution in [0.4, 0.5) is 0 Å². The zero-order valence-corrected chi connectivity index (χ0v) is 13.3. The van der Waals surface area contributed by atoms with Crippen molar-refractivity contribution in [2.75, 3.05) is 0 Å². The molecule has 2 N–H and O–H groups in total. The van der Waals surface area contributed by atoms with Crippen molar-refractivity contribution in [1.82, 2.24) is 0 Å². The quantitative estimate of drug-likeness (QED) is 0.744. The molecule has 3 heteroatoms. The molecule has 1 atom stereocenters. The molecule has 1 aliphatic carbocycles. The van der Waals surface area contributed by atoms with Crippen molar-refractivity contribution in [3.8, 4) is 0 Å². The molecule has 2 rings (SSSR count). The summed E-state index contributed by atoms with van der Waals surface area (Å²) in [5.74, 6) is 0. The molecule has 106 valence electrons. The highest BCUT2D eigenvalue weighted by atomic mass is 35.5. The number of benzene rings is 1. The molecule has 0 heterocycles. The van der Waals surface area contributed by atoms with Gasteiger partial charge in [0.15, 0.2) is 0 Å². The third-order valence-corrected chi connectivity index (χ3v) is 5.26. The Morgan fingerprint density at radius 3 is 2.58 bits per heavy atom. The van der Waals surface area contributed by atoms with E-state index in [0.29, 0.717) is 15.5 Å². The second-order valence-electron chi connectivity index (χ2n) is 6.77. The summed E-state index contributed by atoms with van der Waals surface area (Å²) in [6.45, 7) is 4.68. The Morgan fingerprint density at radius 2 is 1.84 bits per heavy atom. The van der Waals surface area contributed by atoms with Gasteiger partial charge in [-0.3, -0.25) is 0 Å². The van der Waals surface area contributed by atoms with Gasteiger partial charge in [-0.05, 0) is 49.1 Å². The lowest BCUT2D eigenvalue weighted by atomic mass is 9.81. The maximum atomic E-state index is 6.63.